The van der Waals surface area contributed by atoms with E-state index >= 15 is 0 Å². The molecule has 1 heterocycles. The van der Waals surface area contributed by atoms with Gasteiger partial charge in [-0.05, 0) is 12.1 Å². The molecule has 0 atom stereocenters. The zero-order valence-corrected chi connectivity index (χ0v) is 11.3. The zero-order chi connectivity index (χ0) is 13.9. The summed E-state index contributed by atoms with van der Waals surface area (Å²) < 4.78 is 28.1. The normalized spacial score (nSPS) is 19.1. The highest BCUT2D eigenvalue weighted by atomic mass is 32.2. The van der Waals surface area contributed by atoms with Crippen molar-refractivity contribution in [3.05, 3.63) is 24.3 Å². The fourth-order valence-electron chi connectivity index (χ4n) is 2.05. The van der Waals surface area contributed by atoms with Gasteiger partial charge in [0.2, 0.25) is 10.0 Å². The lowest BCUT2D eigenvalue weighted by molar-refractivity contribution is -0.0543. The van der Waals surface area contributed by atoms with Crippen molar-refractivity contribution in [2.75, 3.05) is 25.1 Å². The van der Waals surface area contributed by atoms with Gasteiger partial charge in [0, 0.05) is 32.6 Å². The molecule has 1 aromatic rings. The van der Waals surface area contributed by atoms with Crippen LogP contribution in [0.25, 0.3) is 0 Å². The van der Waals surface area contributed by atoms with E-state index in [-0.39, 0.29) is 11.4 Å². The SMILES string of the molecule is NS(=O)(=O)c1ccccc1NCC1(O)CCOCC1. The minimum Gasteiger partial charge on any atom is -0.388 e. The summed E-state index contributed by atoms with van der Waals surface area (Å²) in [5.41, 5.74) is -0.464. The third-order valence-corrected chi connectivity index (χ3v) is 4.19. The molecule has 19 heavy (non-hydrogen) atoms. The van der Waals surface area contributed by atoms with Crippen molar-refractivity contribution in [2.24, 2.45) is 5.14 Å². The molecule has 0 spiro atoms. The van der Waals surface area contributed by atoms with E-state index in [1.165, 1.54) is 6.07 Å². The molecule has 0 amide bonds. The first-order valence-corrected chi connectivity index (χ1v) is 7.61. The van der Waals surface area contributed by atoms with Gasteiger partial charge in [0.25, 0.3) is 0 Å². The maximum Gasteiger partial charge on any atom is 0.240 e. The van der Waals surface area contributed by atoms with E-state index in [1.54, 1.807) is 18.2 Å². The van der Waals surface area contributed by atoms with Gasteiger partial charge >= 0.3 is 0 Å². The smallest absolute Gasteiger partial charge is 0.240 e. The van der Waals surface area contributed by atoms with Crippen molar-refractivity contribution >= 4 is 15.7 Å². The fraction of sp³-hybridized carbons (Fsp3) is 0.500. The lowest BCUT2D eigenvalue weighted by Gasteiger charge is -2.32. The van der Waals surface area contributed by atoms with Crippen LogP contribution in [0.2, 0.25) is 0 Å². The number of rotatable bonds is 4. The molecule has 1 saturated heterocycles. The van der Waals surface area contributed by atoms with Gasteiger partial charge < -0.3 is 15.2 Å². The minimum absolute atomic E-state index is 0.0330. The van der Waals surface area contributed by atoms with Crippen LogP contribution in [-0.4, -0.2) is 38.9 Å². The summed E-state index contributed by atoms with van der Waals surface area (Å²) in [7, 11) is -3.78. The first-order valence-electron chi connectivity index (χ1n) is 6.07. The van der Waals surface area contributed by atoms with E-state index in [9.17, 15) is 13.5 Å². The Morgan fingerprint density at radius 3 is 2.58 bits per heavy atom. The number of primary sulfonamides is 1. The predicted molar refractivity (Wildman–Crippen MR) is 71.3 cm³/mol. The number of ether oxygens (including phenoxy) is 1. The summed E-state index contributed by atoms with van der Waals surface area (Å²) >= 11 is 0. The van der Waals surface area contributed by atoms with Crippen molar-refractivity contribution in [1.82, 2.24) is 0 Å². The second-order valence-electron chi connectivity index (χ2n) is 4.73. The Hall–Kier alpha value is -1.15. The topological polar surface area (TPSA) is 102 Å². The van der Waals surface area contributed by atoms with Gasteiger partial charge in [-0.3, -0.25) is 0 Å². The lowest BCUT2D eigenvalue weighted by Crippen LogP contribution is -2.42. The molecule has 0 aliphatic carbocycles. The second-order valence-corrected chi connectivity index (χ2v) is 6.26. The molecule has 2 rings (SSSR count). The minimum atomic E-state index is -3.78. The van der Waals surface area contributed by atoms with Crippen LogP contribution in [0.15, 0.2) is 29.2 Å². The molecule has 1 aliphatic heterocycles. The van der Waals surface area contributed by atoms with Crippen LogP contribution in [0, 0.1) is 0 Å². The number of nitrogens with two attached hydrogens (primary N) is 1. The maximum absolute atomic E-state index is 11.4. The van der Waals surface area contributed by atoms with Crippen LogP contribution >= 0.6 is 0 Å². The van der Waals surface area contributed by atoms with Crippen LogP contribution in [-0.2, 0) is 14.8 Å². The fourth-order valence-corrected chi connectivity index (χ4v) is 2.76. The summed E-state index contributed by atoms with van der Waals surface area (Å²) in [5, 5.41) is 18.4. The molecule has 106 valence electrons. The molecule has 1 aliphatic rings. The van der Waals surface area contributed by atoms with Crippen molar-refractivity contribution in [2.45, 2.75) is 23.3 Å². The van der Waals surface area contributed by atoms with E-state index in [0.29, 0.717) is 31.7 Å². The highest BCUT2D eigenvalue weighted by molar-refractivity contribution is 7.89. The van der Waals surface area contributed by atoms with E-state index < -0.39 is 15.6 Å². The second kappa shape index (κ2) is 5.46. The molecule has 0 bridgehead atoms. The van der Waals surface area contributed by atoms with Gasteiger partial charge in [0.1, 0.15) is 4.90 Å². The van der Waals surface area contributed by atoms with Crippen LogP contribution < -0.4 is 10.5 Å². The number of hydrogen-bond acceptors (Lipinski definition) is 5. The van der Waals surface area contributed by atoms with Crippen LogP contribution in [0.5, 0.6) is 0 Å². The summed E-state index contributed by atoms with van der Waals surface area (Å²) in [6.45, 7) is 1.28. The number of para-hydroxylation sites is 1. The molecular formula is C12H18N2O4S. The monoisotopic (exact) mass is 286 g/mol. The van der Waals surface area contributed by atoms with E-state index in [1.807, 2.05) is 0 Å². The van der Waals surface area contributed by atoms with Gasteiger partial charge in [-0.2, -0.15) is 0 Å². The molecule has 0 radical (unpaired) electrons. The number of benzene rings is 1. The van der Waals surface area contributed by atoms with Crippen molar-refractivity contribution in [3.63, 3.8) is 0 Å². The van der Waals surface area contributed by atoms with E-state index in [4.69, 9.17) is 9.88 Å². The van der Waals surface area contributed by atoms with Crippen LogP contribution in [0.3, 0.4) is 0 Å². The Kier molecular flexibility index (Phi) is 4.10. The summed E-state index contributed by atoms with van der Waals surface area (Å²) in [6.07, 6.45) is 1.05. The standard InChI is InChI=1S/C12H18N2O4S/c13-19(16,17)11-4-2-1-3-10(11)14-9-12(15)5-7-18-8-6-12/h1-4,14-15H,5-9H2,(H2,13,16,17). The number of anilines is 1. The van der Waals surface area contributed by atoms with Gasteiger partial charge in [-0.1, -0.05) is 12.1 Å². The largest absolute Gasteiger partial charge is 0.388 e. The quantitative estimate of drug-likeness (QED) is 0.738. The molecule has 1 fully saturated rings. The maximum atomic E-state index is 11.4. The highest BCUT2D eigenvalue weighted by Crippen LogP contribution is 2.24. The molecule has 0 aromatic heterocycles. The van der Waals surface area contributed by atoms with Crippen molar-refractivity contribution in [3.8, 4) is 0 Å². The third-order valence-electron chi connectivity index (χ3n) is 3.22. The molecule has 7 heteroatoms. The number of hydrogen-bond donors (Lipinski definition) is 3. The average Bonchev–Trinajstić information content (AvgIpc) is 2.37. The highest BCUT2D eigenvalue weighted by Gasteiger charge is 2.29. The Balaban J connectivity index is 2.12. The Morgan fingerprint density at radius 2 is 1.95 bits per heavy atom. The number of sulfonamides is 1. The van der Waals surface area contributed by atoms with Gasteiger partial charge in [-0.15, -0.1) is 0 Å². The third kappa shape index (κ3) is 3.66. The Morgan fingerprint density at radius 1 is 1.32 bits per heavy atom. The molecular weight excluding hydrogens is 268 g/mol. The lowest BCUT2D eigenvalue weighted by atomic mass is 9.94. The van der Waals surface area contributed by atoms with Gasteiger partial charge in [0.05, 0.1) is 11.3 Å². The van der Waals surface area contributed by atoms with Crippen LogP contribution in [0.1, 0.15) is 12.8 Å². The van der Waals surface area contributed by atoms with E-state index in [2.05, 4.69) is 5.32 Å². The van der Waals surface area contributed by atoms with E-state index in [0.717, 1.165) is 0 Å². The molecule has 6 nitrogen and oxygen atoms in total. The average molecular weight is 286 g/mol. The molecule has 4 N–H and O–H groups in total. The Bertz CT molecular complexity index is 538. The summed E-state index contributed by atoms with van der Waals surface area (Å²) in [6, 6.07) is 6.38. The number of nitrogens with one attached hydrogen (secondary N) is 1. The van der Waals surface area contributed by atoms with Gasteiger partial charge in [0.15, 0.2) is 0 Å². The first-order chi connectivity index (χ1) is 8.91. The predicted octanol–water partition coefficient (Wildman–Crippen LogP) is 0.287. The Labute approximate surface area is 112 Å². The summed E-state index contributed by atoms with van der Waals surface area (Å²) in [4.78, 5) is 0.0330. The molecule has 1 aromatic carbocycles. The number of aliphatic hydroxyl groups is 1. The first kappa shape index (κ1) is 14.3. The summed E-state index contributed by atoms with van der Waals surface area (Å²) in [5.74, 6) is 0. The molecule has 0 saturated carbocycles. The van der Waals surface area contributed by atoms with Gasteiger partial charge in [-0.25, -0.2) is 13.6 Å². The van der Waals surface area contributed by atoms with Crippen molar-refractivity contribution < 1.29 is 18.3 Å². The van der Waals surface area contributed by atoms with Crippen molar-refractivity contribution in [1.29, 1.82) is 0 Å². The zero-order valence-electron chi connectivity index (χ0n) is 10.5. The van der Waals surface area contributed by atoms with Crippen LogP contribution in [0.4, 0.5) is 5.69 Å². The molecule has 0 unspecified atom stereocenters.